The maximum atomic E-state index is 11.1. The molecule has 0 unspecified atom stereocenters. The van der Waals surface area contributed by atoms with Crippen molar-refractivity contribution in [2.24, 2.45) is 0 Å². The number of thioether (sulfide) groups is 1. The average Bonchev–Trinajstić information content (AvgIpc) is 2.32. The Morgan fingerprint density at radius 1 is 1.24 bits per heavy atom. The fourth-order valence-electron chi connectivity index (χ4n) is 2.22. The molecule has 2 rings (SSSR count). The smallest absolute Gasteiger partial charge is 0.302 e. The highest BCUT2D eigenvalue weighted by Gasteiger charge is 2.28. The molecule has 3 heteroatoms. The Kier molecular flexibility index (Phi) is 4.49. The summed E-state index contributed by atoms with van der Waals surface area (Å²) >= 11 is 1.84. The predicted octanol–water partition coefficient (Wildman–Crippen LogP) is 3.65. The quantitative estimate of drug-likeness (QED) is 0.766. The van der Waals surface area contributed by atoms with Crippen LogP contribution in [-0.2, 0) is 9.53 Å². The van der Waals surface area contributed by atoms with Gasteiger partial charge in [0.05, 0.1) is 0 Å². The molecule has 1 aliphatic carbocycles. The molecule has 1 aliphatic rings. The molecule has 0 saturated heterocycles. The Morgan fingerprint density at radius 3 is 2.65 bits per heavy atom. The van der Waals surface area contributed by atoms with Crippen LogP contribution in [0.5, 0.6) is 0 Å². The molecule has 0 amide bonds. The van der Waals surface area contributed by atoms with E-state index in [9.17, 15) is 4.79 Å². The molecule has 1 aromatic carbocycles. The number of benzene rings is 1. The van der Waals surface area contributed by atoms with E-state index in [2.05, 4.69) is 12.1 Å². The lowest BCUT2D eigenvalue weighted by atomic mass is 9.97. The summed E-state index contributed by atoms with van der Waals surface area (Å²) < 4.78 is 5.42. The molecule has 1 fully saturated rings. The normalized spacial score (nSPS) is 24.3. The van der Waals surface area contributed by atoms with Gasteiger partial charge in [-0.25, -0.2) is 0 Å². The molecule has 1 aromatic rings. The fraction of sp³-hybridized carbons (Fsp3) is 0.500. The summed E-state index contributed by atoms with van der Waals surface area (Å²) in [7, 11) is 0. The van der Waals surface area contributed by atoms with Crippen molar-refractivity contribution >= 4 is 17.7 Å². The monoisotopic (exact) mass is 250 g/mol. The number of hydrogen-bond donors (Lipinski definition) is 0. The van der Waals surface area contributed by atoms with Gasteiger partial charge in [-0.15, -0.1) is 11.8 Å². The molecule has 2 nitrogen and oxygen atoms in total. The maximum absolute atomic E-state index is 11.1. The molecular weight excluding hydrogens is 232 g/mol. The van der Waals surface area contributed by atoms with Crippen LogP contribution >= 0.6 is 11.8 Å². The first-order valence-corrected chi connectivity index (χ1v) is 7.02. The Bertz CT molecular complexity index is 364. The molecular formula is C14H18O2S. The zero-order valence-electron chi connectivity index (χ0n) is 10.1. The topological polar surface area (TPSA) is 26.3 Å². The molecule has 0 N–H and O–H groups in total. The fourth-order valence-corrected chi connectivity index (χ4v) is 3.51. The van der Waals surface area contributed by atoms with Crippen LogP contribution in [0.2, 0.25) is 0 Å². The number of carbonyl (C=O) groups is 1. The molecule has 0 bridgehead atoms. The Hall–Kier alpha value is -0.960. The van der Waals surface area contributed by atoms with Gasteiger partial charge in [-0.2, -0.15) is 0 Å². The van der Waals surface area contributed by atoms with Crippen LogP contribution in [0.4, 0.5) is 0 Å². The summed E-state index contributed by atoms with van der Waals surface area (Å²) in [5.41, 5.74) is 0. The average molecular weight is 250 g/mol. The Labute approximate surface area is 107 Å². The standard InChI is InChI=1S/C14H18O2S/c1-11(15)16-13-9-5-6-10-14(13)17-12-7-3-2-4-8-12/h2-4,7-8,13-14H,5-6,9-10H2,1H3/t13-,14-/m0/s1. The van der Waals surface area contributed by atoms with Crippen LogP contribution in [-0.4, -0.2) is 17.3 Å². The summed E-state index contributed by atoms with van der Waals surface area (Å²) in [5.74, 6) is -0.157. The number of carbonyl (C=O) groups excluding carboxylic acids is 1. The second-order valence-corrected chi connectivity index (χ2v) is 5.71. The minimum Gasteiger partial charge on any atom is -0.461 e. The van der Waals surface area contributed by atoms with Gasteiger partial charge < -0.3 is 4.74 Å². The van der Waals surface area contributed by atoms with Crippen molar-refractivity contribution in [3.63, 3.8) is 0 Å². The molecule has 0 heterocycles. The van der Waals surface area contributed by atoms with Crippen LogP contribution in [0.25, 0.3) is 0 Å². The summed E-state index contributed by atoms with van der Waals surface area (Å²) in [6, 6.07) is 10.3. The van der Waals surface area contributed by atoms with Crippen LogP contribution in [0.1, 0.15) is 32.6 Å². The van der Waals surface area contributed by atoms with Crippen molar-refractivity contribution in [2.45, 2.75) is 48.9 Å². The SMILES string of the molecule is CC(=O)O[C@H]1CCCC[C@@H]1Sc1ccccc1. The number of ether oxygens (including phenoxy) is 1. The van der Waals surface area contributed by atoms with Crippen LogP contribution in [0.15, 0.2) is 35.2 Å². The molecule has 0 spiro atoms. The van der Waals surface area contributed by atoms with Gasteiger partial charge in [0.1, 0.15) is 6.10 Å². The van der Waals surface area contributed by atoms with E-state index in [0.29, 0.717) is 5.25 Å². The van der Waals surface area contributed by atoms with Gasteiger partial charge in [-0.05, 0) is 31.4 Å². The van der Waals surface area contributed by atoms with Crippen LogP contribution < -0.4 is 0 Å². The first kappa shape index (κ1) is 12.5. The summed E-state index contributed by atoms with van der Waals surface area (Å²) in [6.45, 7) is 1.50. The van der Waals surface area contributed by atoms with Crippen LogP contribution in [0.3, 0.4) is 0 Å². The lowest BCUT2D eigenvalue weighted by Gasteiger charge is -2.30. The van der Waals surface area contributed by atoms with Gasteiger partial charge in [0.15, 0.2) is 0 Å². The highest BCUT2D eigenvalue weighted by molar-refractivity contribution is 8.00. The molecule has 0 aromatic heterocycles. The third-order valence-corrected chi connectivity index (χ3v) is 4.38. The van der Waals surface area contributed by atoms with Gasteiger partial charge in [-0.3, -0.25) is 4.79 Å². The van der Waals surface area contributed by atoms with E-state index in [1.807, 2.05) is 30.0 Å². The van der Waals surface area contributed by atoms with E-state index in [0.717, 1.165) is 12.8 Å². The van der Waals surface area contributed by atoms with Gasteiger partial charge in [-0.1, -0.05) is 24.6 Å². The predicted molar refractivity (Wildman–Crippen MR) is 70.1 cm³/mol. The molecule has 0 aliphatic heterocycles. The minimum absolute atomic E-state index is 0.0893. The van der Waals surface area contributed by atoms with Crippen LogP contribution in [0, 0.1) is 0 Å². The zero-order chi connectivity index (χ0) is 12.1. The first-order valence-electron chi connectivity index (χ1n) is 6.14. The van der Waals surface area contributed by atoms with Gasteiger partial charge in [0, 0.05) is 17.1 Å². The van der Waals surface area contributed by atoms with Crippen molar-refractivity contribution in [2.75, 3.05) is 0 Å². The molecule has 0 radical (unpaired) electrons. The van der Waals surface area contributed by atoms with Gasteiger partial charge >= 0.3 is 5.97 Å². The first-order chi connectivity index (χ1) is 8.25. The van der Waals surface area contributed by atoms with Gasteiger partial charge in [0.25, 0.3) is 0 Å². The summed E-state index contributed by atoms with van der Waals surface area (Å²) in [4.78, 5) is 12.3. The summed E-state index contributed by atoms with van der Waals surface area (Å²) in [6.07, 6.45) is 4.64. The molecule has 17 heavy (non-hydrogen) atoms. The number of esters is 1. The van der Waals surface area contributed by atoms with E-state index < -0.39 is 0 Å². The molecule has 2 atom stereocenters. The second kappa shape index (κ2) is 6.10. The third-order valence-electron chi connectivity index (χ3n) is 2.99. The van der Waals surface area contributed by atoms with Crippen molar-refractivity contribution in [1.82, 2.24) is 0 Å². The third kappa shape index (κ3) is 3.77. The highest BCUT2D eigenvalue weighted by atomic mass is 32.2. The zero-order valence-corrected chi connectivity index (χ0v) is 10.9. The molecule has 92 valence electrons. The van der Waals surface area contributed by atoms with Crippen molar-refractivity contribution in [3.05, 3.63) is 30.3 Å². The van der Waals surface area contributed by atoms with Gasteiger partial charge in [0.2, 0.25) is 0 Å². The maximum Gasteiger partial charge on any atom is 0.302 e. The Morgan fingerprint density at radius 2 is 1.94 bits per heavy atom. The lowest BCUT2D eigenvalue weighted by Crippen LogP contribution is -2.31. The van der Waals surface area contributed by atoms with E-state index in [-0.39, 0.29) is 12.1 Å². The number of rotatable bonds is 3. The minimum atomic E-state index is -0.157. The van der Waals surface area contributed by atoms with E-state index in [1.54, 1.807) is 0 Å². The molecule has 1 saturated carbocycles. The van der Waals surface area contributed by atoms with Crippen molar-refractivity contribution in [1.29, 1.82) is 0 Å². The number of hydrogen-bond acceptors (Lipinski definition) is 3. The largest absolute Gasteiger partial charge is 0.461 e. The van der Waals surface area contributed by atoms with E-state index in [4.69, 9.17) is 4.74 Å². The van der Waals surface area contributed by atoms with E-state index in [1.165, 1.54) is 24.7 Å². The highest BCUT2D eigenvalue weighted by Crippen LogP contribution is 2.35. The Balaban J connectivity index is 1.99. The lowest BCUT2D eigenvalue weighted by molar-refractivity contribution is -0.147. The summed E-state index contributed by atoms with van der Waals surface area (Å²) in [5, 5.41) is 0.412. The van der Waals surface area contributed by atoms with Crippen molar-refractivity contribution in [3.8, 4) is 0 Å². The van der Waals surface area contributed by atoms with Crippen molar-refractivity contribution < 1.29 is 9.53 Å². The second-order valence-electron chi connectivity index (χ2n) is 4.40. The van der Waals surface area contributed by atoms with E-state index >= 15 is 0 Å².